The summed E-state index contributed by atoms with van der Waals surface area (Å²) in [7, 11) is 0. The van der Waals surface area contributed by atoms with Gasteiger partial charge in [0, 0.05) is 11.8 Å². The molecule has 1 aromatic carbocycles. The van der Waals surface area contributed by atoms with Crippen LogP contribution in [0.3, 0.4) is 0 Å². The van der Waals surface area contributed by atoms with Crippen molar-refractivity contribution >= 4 is 11.6 Å². The van der Waals surface area contributed by atoms with Crippen LogP contribution in [0, 0.1) is 6.92 Å². The van der Waals surface area contributed by atoms with Crippen LogP contribution in [0.1, 0.15) is 48.0 Å². The standard InChI is InChI=1S/C15H18N2O2/c1-4-10(2)12-7-5-6-8-13(12)16-15(18)14-9-11(3)19-17-14/h5-10H,4H2,1-3H3,(H,16,18)/t10-/m1/s1. The number of carbonyl (C=O) groups excluding carboxylic acids is 1. The summed E-state index contributed by atoms with van der Waals surface area (Å²) in [6, 6.07) is 9.47. The maximum atomic E-state index is 12.1. The highest BCUT2D eigenvalue weighted by atomic mass is 16.5. The Labute approximate surface area is 112 Å². The maximum absolute atomic E-state index is 12.1. The van der Waals surface area contributed by atoms with Gasteiger partial charge in [-0.1, -0.05) is 37.2 Å². The average molecular weight is 258 g/mol. The molecule has 1 aromatic heterocycles. The number of rotatable bonds is 4. The molecule has 1 amide bonds. The number of aromatic nitrogens is 1. The number of para-hydroxylation sites is 1. The molecule has 4 nitrogen and oxygen atoms in total. The zero-order chi connectivity index (χ0) is 13.8. The van der Waals surface area contributed by atoms with Gasteiger partial charge in [0.1, 0.15) is 5.76 Å². The summed E-state index contributed by atoms with van der Waals surface area (Å²) < 4.78 is 4.91. The Morgan fingerprint density at radius 3 is 2.79 bits per heavy atom. The molecule has 2 rings (SSSR count). The summed E-state index contributed by atoms with van der Waals surface area (Å²) in [6.07, 6.45) is 1.02. The third-order valence-electron chi connectivity index (χ3n) is 3.21. The second kappa shape index (κ2) is 5.69. The highest BCUT2D eigenvalue weighted by molar-refractivity contribution is 6.03. The Morgan fingerprint density at radius 2 is 2.16 bits per heavy atom. The molecule has 0 radical (unpaired) electrons. The molecule has 19 heavy (non-hydrogen) atoms. The lowest BCUT2D eigenvalue weighted by atomic mass is 9.97. The number of nitrogens with zero attached hydrogens (tertiary/aromatic N) is 1. The average Bonchev–Trinajstić information content (AvgIpc) is 2.85. The summed E-state index contributed by atoms with van der Waals surface area (Å²) in [5, 5.41) is 6.61. The van der Waals surface area contributed by atoms with Gasteiger partial charge in [-0.15, -0.1) is 0 Å². The zero-order valence-electron chi connectivity index (χ0n) is 11.4. The second-order valence-corrected chi connectivity index (χ2v) is 4.67. The van der Waals surface area contributed by atoms with Gasteiger partial charge in [0.05, 0.1) is 0 Å². The van der Waals surface area contributed by atoms with Crippen molar-refractivity contribution in [3.05, 3.63) is 47.3 Å². The molecule has 0 aliphatic carbocycles. The number of benzene rings is 1. The number of amides is 1. The van der Waals surface area contributed by atoms with E-state index in [2.05, 4.69) is 24.3 Å². The Bertz CT molecular complexity index is 575. The van der Waals surface area contributed by atoms with Gasteiger partial charge in [-0.05, 0) is 30.9 Å². The summed E-state index contributed by atoms with van der Waals surface area (Å²) in [6.45, 7) is 6.03. The minimum atomic E-state index is -0.243. The highest BCUT2D eigenvalue weighted by Gasteiger charge is 2.14. The summed E-state index contributed by atoms with van der Waals surface area (Å²) >= 11 is 0. The molecule has 0 fully saturated rings. The number of hydrogen-bond acceptors (Lipinski definition) is 3. The van der Waals surface area contributed by atoms with E-state index in [1.807, 2.05) is 24.3 Å². The van der Waals surface area contributed by atoms with Crippen LogP contribution in [0.25, 0.3) is 0 Å². The van der Waals surface area contributed by atoms with Crippen molar-refractivity contribution in [2.75, 3.05) is 5.32 Å². The molecule has 100 valence electrons. The van der Waals surface area contributed by atoms with Crippen LogP contribution in [-0.2, 0) is 0 Å². The van der Waals surface area contributed by atoms with Crippen molar-refractivity contribution in [2.45, 2.75) is 33.1 Å². The van der Waals surface area contributed by atoms with E-state index in [0.717, 1.165) is 17.7 Å². The maximum Gasteiger partial charge on any atom is 0.277 e. The Morgan fingerprint density at radius 1 is 1.42 bits per heavy atom. The van der Waals surface area contributed by atoms with Crippen molar-refractivity contribution in [3.63, 3.8) is 0 Å². The first kappa shape index (κ1) is 13.3. The van der Waals surface area contributed by atoms with Gasteiger partial charge in [-0.3, -0.25) is 4.79 Å². The molecule has 0 saturated heterocycles. The van der Waals surface area contributed by atoms with E-state index in [1.54, 1.807) is 13.0 Å². The van der Waals surface area contributed by atoms with Crippen LogP contribution < -0.4 is 5.32 Å². The van der Waals surface area contributed by atoms with E-state index < -0.39 is 0 Å². The molecular formula is C15H18N2O2. The van der Waals surface area contributed by atoms with Gasteiger partial charge in [-0.25, -0.2) is 0 Å². The summed E-state index contributed by atoms with van der Waals surface area (Å²) in [4.78, 5) is 12.1. The van der Waals surface area contributed by atoms with Gasteiger partial charge < -0.3 is 9.84 Å². The van der Waals surface area contributed by atoms with E-state index in [-0.39, 0.29) is 5.91 Å². The van der Waals surface area contributed by atoms with Gasteiger partial charge in [0.25, 0.3) is 5.91 Å². The lowest BCUT2D eigenvalue weighted by molar-refractivity contribution is 0.101. The molecule has 0 bridgehead atoms. The molecule has 1 atom stereocenters. The molecule has 2 aromatic rings. The number of aryl methyl sites for hydroxylation is 1. The third kappa shape index (κ3) is 3.02. The van der Waals surface area contributed by atoms with E-state index in [9.17, 15) is 4.79 Å². The molecule has 0 spiro atoms. The summed E-state index contributed by atoms with van der Waals surface area (Å²) in [5.74, 6) is 0.781. The van der Waals surface area contributed by atoms with Crippen molar-refractivity contribution in [1.82, 2.24) is 5.16 Å². The minimum Gasteiger partial charge on any atom is -0.361 e. The zero-order valence-corrected chi connectivity index (χ0v) is 11.4. The first-order valence-corrected chi connectivity index (χ1v) is 6.45. The van der Waals surface area contributed by atoms with Gasteiger partial charge in [0.15, 0.2) is 5.69 Å². The molecule has 0 aliphatic heterocycles. The Balaban J connectivity index is 2.21. The molecule has 0 unspecified atom stereocenters. The molecule has 4 heteroatoms. The van der Waals surface area contributed by atoms with Crippen LogP contribution in [-0.4, -0.2) is 11.1 Å². The van der Waals surface area contributed by atoms with E-state index in [0.29, 0.717) is 17.4 Å². The van der Waals surface area contributed by atoms with E-state index in [1.165, 1.54) is 0 Å². The van der Waals surface area contributed by atoms with Crippen LogP contribution in [0.15, 0.2) is 34.9 Å². The first-order chi connectivity index (χ1) is 9.11. The predicted molar refractivity (Wildman–Crippen MR) is 74.3 cm³/mol. The van der Waals surface area contributed by atoms with E-state index >= 15 is 0 Å². The van der Waals surface area contributed by atoms with Gasteiger partial charge in [-0.2, -0.15) is 0 Å². The topological polar surface area (TPSA) is 55.1 Å². The van der Waals surface area contributed by atoms with Crippen molar-refractivity contribution in [1.29, 1.82) is 0 Å². The van der Waals surface area contributed by atoms with Crippen LogP contribution >= 0.6 is 0 Å². The first-order valence-electron chi connectivity index (χ1n) is 6.45. The monoisotopic (exact) mass is 258 g/mol. The molecule has 1 N–H and O–H groups in total. The largest absolute Gasteiger partial charge is 0.361 e. The predicted octanol–water partition coefficient (Wildman–Crippen LogP) is 3.75. The van der Waals surface area contributed by atoms with Crippen molar-refractivity contribution in [3.8, 4) is 0 Å². The Hall–Kier alpha value is -2.10. The minimum absolute atomic E-state index is 0.243. The molecule has 1 heterocycles. The fourth-order valence-electron chi connectivity index (χ4n) is 1.92. The normalized spacial score (nSPS) is 12.2. The molecular weight excluding hydrogens is 240 g/mol. The lowest BCUT2D eigenvalue weighted by Gasteiger charge is -2.14. The fraction of sp³-hybridized carbons (Fsp3) is 0.333. The lowest BCUT2D eigenvalue weighted by Crippen LogP contribution is -2.14. The van der Waals surface area contributed by atoms with Gasteiger partial charge >= 0.3 is 0 Å². The number of anilines is 1. The molecule has 0 aliphatic rings. The third-order valence-corrected chi connectivity index (χ3v) is 3.21. The van der Waals surface area contributed by atoms with Crippen LogP contribution in [0.4, 0.5) is 5.69 Å². The van der Waals surface area contributed by atoms with Crippen LogP contribution in [0.5, 0.6) is 0 Å². The second-order valence-electron chi connectivity index (χ2n) is 4.67. The number of nitrogens with one attached hydrogen (secondary N) is 1. The number of carbonyl (C=O) groups is 1. The highest BCUT2D eigenvalue weighted by Crippen LogP contribution is 2.26. The quantitative estimate of drug-likeness (QED) is 0.908. The molecule has 0 saturated carbocycles. The fourth-order valence-corrected chi connectivity index (χ4v) is 1.92. The van der Waals surface area contributed by atoms with Crippen molar-refractivity contribution in [2.24, 2.45) is 0 Å². The van der Waals surface area contributed by atoms with Gasteiger partial charge in [0.2, 0.25) is 0 Å². The number of hydrogen-bond donors (Lipinski definition) is 1. The smallest absolute Gasteiger partial charge is 0.277 e. The summed E-state index contributed by atoms with van der Waals surface area (Å²) in [5.41, 5.74) is 2.28. The van der Waals surface area contributed by atoms with E-state index in [4.69, 9.17) is 4.52 Å². The SMILES string of the molecule is CC[C@@H](C)c1ccccc1NC(=O)c1cc(C)on1. The Kier molecular flexibility index (Phi) is 4.00. The van der Waals surface area contributed by atoms with Crippen LogP contribution in [0.2, 0.25) is 0 Å². The van der Waals surface area contributed by atoms with Crippen molar-refractivity contribution < 1.29 is 9.32 Å².